The number of unbranched alkanes of at least 4 members (excludes halogenated alkanes) is 2. The van der Waals surface area contributed by atoms with Crippen LogP contribution in [0.15, 0.2) is 25.3 Å². The van der Waals surface area contributed by atoms with E-state index in [1.165, 1.54) is 11.0 Å². The minimum atomic E-state index is -1.15. The molecule has 2 bridgehead atoms. The second kappa shape index (κ2) is 10.7. The first-order chi connectivity index (χ1) is 15.8. The van der Waals surface area contributed by atoms with E-state index in [1.807, 2.05) is 0 Å². The van der Waals surface area contributed by atoms with Gasteiger partial charge in [-0.25, -0.2) is 0 Å². The van der Waals surface area contributed by atoms with Gasteiger partial charge in [-0.15, -0.1) is 6.58 Å². The van der Waals surface area contributed by atoms with Crippen LogP contribution in [-0.4, -0.2) is 87.6 Å². The normalized spacial score (nSPS) is 33.0. The molecule has 0 aliphatic carbocycles. The van der Waals surface area contributed by atoms with Crippen molar-refractivity contribution in [3.63, 3.8) is 0 Å². The number of hydrogen-bond acceptors (Lipinski definition) is 6. The minimum absolute atomic E-state index is 0.0343. The molecule has 3 heterocycles. The summed E-state index contributed by atoms with van der Waals surface area (Å²) in [6.45, 7) is 11.8. The van der Waals surface area contributed by atoms with Crippen molar-refractivity contribution in [3.05, 3.63) is 25.3 Å². The number of alkyl halides is 1. The minimum Gasteiger partial charge on any atom is -0.461 e. The Kier molecular flexibility index (Phi) is 8.40. The Balaban J connectivity index is 2.02. The van der Waals surface area contributed by atoms with E-state index in [1.54, 1.807) is 17.9 Å². The van der Waals surface area contributed by atoms with Gasteiger partial charge in [-0.1, -0.05) is 54.4 Å². The highest BCUT2D eigenvalue weighted by Crippen LogP contribution is 2.60. The van der Waals surface area contributed by atoms with Gasteiger partial charge in [-0.05, 0) is 19.8 Å². The highest BCUT2D eigenvalue weighted by atomic mass is 79.9. The van der Waals surface area contributed by atoms with Gasteiger partial charge >= 0.3 is 5.97 Å². The highest BCUT2D eigenvalue weighted by molar-refractivity contribution is 9.09. The van der Waals surface area contributed by atoms with Gasteiger partial charge in [0.2, 0.25) is 11.8 Å². The highest BCUT2D eigenvalue weighted by Gasteiger charge is 2.77. The van der Waals surface area contributed by atoms with Crippen molar-refractivity contribution in [2.24, 2.45) is 11.8 Å². The molecule has 33 heavy (non-hydrogen) atoms. The summed E-state index contributed by atoms with van der Waals surface area (Å²) in [6.07, 6.45) is 5.83. The third-order valence-electron chi connectivity index (χ3n) is 7.01. The van der Waals surface area contributed by atoms with Crippen molar-refractivity contribution >= 4 is 33.7 Å². The molecule has 0 radical (unpaired) electrons. The van der Waals surface area contributed by atoms with E-state index >= 15 is 0 Å². The van der Waals surface area contributed by atoms with Crippen LogP contribution < -0.4 is 0 Å². The SMILES string of the molecule is C=CCOC(=O)[C@H]1[C@@H]2OC3(CC2Br)C(C(=O)N(CC=C)CCCCC)N([C@H](C)CO)C(=O)[C@H]13. The number of amides is 2. The van der Waals surface area contributed by atoms with Gasteiger partial charge in [-0.2, -0.15) is 0 Å². The van der Waals surface area contributed by atoms with E-state index in [-0.39, 0.29) is 29.9 Å². The van der Waals surface area contributed by atoms with Gasteiger partial charge < -0.3 is 24.4 Å². The van der Waals surface area contributed by atoms with Crippen molar-refractivity contribution in [2.45, 2.75) is 68.1 Å². The average molecular weight is 527 g/mol. The van der Waals surface area contributed by atoms with Crippen molar-refractivity contribution < 1.29 is 29.0 Å². The van der Waals surface area contributed by atoms with E-state index in [0.29, 0.717) is 19.5 Å². The lowest BCUT2D eigenvalue weighted by Gasteiger charge is -2.38. The molecule has 7 atom stereocenters. The van der Waals surface area contributed by atoms with Crippen LogP contribution in [0.25, 0.3) is 0 Å². The van der Waals surface area contributed by atoms with Crippen molar-refractivity contribution in [1.29, 1.82) is 0 Å². The predicted molar refractivity (Wildman–Crippen MR) is 127 cm³/mol. The van der Waals surface area contributed by atoms with Crippen molar-refractivity contribution in [3.8, 4) is 0 Å². The van der Waals surface area contributed by atoms with Gasteiger partial charge in [0.15, 0.2) is 0 Å². The number of likely N-dealkylation sites (tertiary alicyclic amines) is 1. The summed E-state index contributed by atoms with van der Waals surface area (Å²) in [5, 5.41) is 9.91. The number of hydrogen-bond donors (Lipinski definition) is 1. The van der Waals surface area contributed by atoms with E-state index in [2.05, 4.69) is 36.0 Å². The summed E-state index contributed by atoms with van der Waals surface area (Å²) in [6, 6.07) is -1.53. The molecular formula is C24H35BrN2O6. The lowest BCUT2D eigenvalue weighted by Crippen LogP contribution is -2.58. The Morgan fingerprint density at radius 3 is 2.73 bits per heavy atom. The molecule has 0 aromatic carbocycles. The fraction of sp³-hybridized carbons (Fsp3) is 0.708. The Bertz CT molecular complexity index is 791. The number of carbonyl (C=O) groups excluding carboxylic acids is 3. The van der Waals surface area contributed by atoms with Crippen LogP contribution in [0.5, 0.6) is 0 Å². The number of rotatable bonds is 12. The van der Waals surface area contributed by atoms with E-state index < -0.39 is 41.6 Å². The zero-order valence-corrected chi connectivity index (χ0v) is 21.0. The number of nitrogens with zero attached hydrogens (tertiary/aromatic N) is 2. The summed E-state index contributed by atoms with van der Waals surface area (Å²) in [5.74, 6) is -2.76. The van der Waals surface area contributed by atoms with Crippen LogP contribution in [0.3, 0.4) is 0 Å². The van der Waals surface area contributed by atoms with Crippen molar-refractivity contribution in [2.75, 3.05) is 26.3 Å². The summed E-state index contributed by atoms with van der Waals surface area (Å²) >= 11 is 3.62. The molecule has 1 N–H and O–H groups in total. The molecule has 3 fully saturated rings. The number of aliphatic hydroxyl groups excluding tert-OH is 1. The fourth-order valence-electron chi connectivity index (χ4n) is 5.59. The molecule has 3 aliphatic rings. The molecule has 3 rings (SSSR count). The maximum absolute atomic E-state index is 14.0. The third-order valence-corrected chi connectivity index (χ3v) is 7.85. The van der Waals surface area contributed by atoms with Crippen LogP contribution in [0.4, 0.5) is 0 Å². The van der Waals surface area contributed by atoms with Crippen molar-refractivity contribution in [1.82, 2.24) is 9.80 Å². The van der Waals surface area contributed by atoms with E-state index in [9.17, 15) is 19.5 Å². The molecule has 8 nitrogen and oxygen atoms in total. The first-order valence-corrected chi connectivity index (χ1v) is 12.6. The lowest BCUT2D eigenvalue weighted by molar-refractivity contribution is -0.155. The summed E-state index contributed by atoms with van der Waals surface area (Å²) in [7, 11) is 0. The maximum Gasteiger partial charge on any atom is 0.312 e. The molecule has 3 saturated heterocycles. The Labute approximate surface area is 204 Å². The molecule has 3 aliphatic heterocycles. The number of esters is 1. The molecule has 0 aromatic rings. The standard InChI is InChI=1S/C24H35BrN2O6/c1-5-8-9-11-26(10-6-2)22(30)20-24-13-16(25)19(33-24)17(23(31)32-12-7-3)18(24)21(29)27(20)15(4)14-28/h6-7,15-20,28H,2-3,5,8-14H2,1,4H3/t15-,16?,17-,18+,19-,20?,24?/m1/s1. The molecule has 2 amide bonds. The number of halogens is 1. The van der Waals surface area contributed by atoms with Crippen LogP contribution in [0.2, 0.25) is 0 Å². The molecule has 0 saturated carbocycles. The lowest BCUT2D eigenvalue weighted by atomic mass is 9.70. The van der Waals surface area contributed by atoms with Crippen LogP contribution in [-0.2, 0) is 23.9 Å². The topological polar surface area (TPSA) is 96.4 Å². The first kappa shape index (κ1) is 25.9. The fourth-order valence-corrected chi connectivity index (χ4v) is 6.53. The zero-order valence-electron chi connectivity index (χ0n) is 19.5. The van der Waals surface area contributed by atoms with Crippen LogP contribution >= 0.6 is 15.9 Å². The van der Waals surface area contributed by atoms with Crippen LogP contribution in [0, 0.1) is 11.8 Å². The molecule has 3 unspecified atom stereocenters. The summed E-state index contributed by atoms with van der Waals surface area (Å²) in [4.78, 5) is 43.6. The van der Waals surface area contributed by atoms with Gasteiger partial charge in [0.05, 0.1) is 30.6 Å². The molecule has 184 valence electrons. The third kappa shape index (κ3) is 4.39. The molecule has 0 aromatic heterocycles. The maximum atomic E-state index is 14.0. The quantitative estimate of drug-likeness (QED) is 0.181. The number of fused-ring (bicyclic) bond motifs is 1. The van der Waals surface area contributed by atoms with Gasteiger partial charge in [0.1, 0.15) is 18.2 Å². The molecule has 1 spiro atoms. The average Bonchev–Trinajstić information content (AvgIpc) is 3.39. The largest absolute Gasteiger partial charge is 0.461 e. The Hall–Kier alpha value is -1.71. The van der Waals surface area contributed by atoms with E-state index in [0.717, 1.165) is 19.3 Å². The smallest absolute Gasteiger partial charge is 0.312 e. The second-order valence-electron chi connectivity index (χ2n) is 9.14. The Morgan fingerprint density at radius 1 is 1.39 bits per heavy atom. The molecular weight excluding hydrogens is 492 g/mol. The monoisotopic (exact) mass is 526 g/mol. The summed E-state index contributed by atoms with van der Waals surface area (Å²) < 4.78 is 11.7. The first-order valence-electron chi connectivity index (χ1n) is 11.7. The van der Waals surface area contributed by atoms with Crippen LogP contribution in [0.1, 0.15) is 39.5 Å². The predicted octanol–water partition coefficient (Wildman–Crippen LogP) is 2.05. The van der Waals surface area contributed by atoms with E-state index in [4.69, 9.17) is 9.47 Å². The van der Waals surface area contributed by atoms with Gasteiger partial charge in [0.25, 0.3) is 0 Å². The van der Waals surface area contributed by atoms with Gasteiger partial charge in [0, 0.05) is 17.9 Å². The molecule has 9 heteroatoms. The van der Waals surface area contributed by atoms with Gasteiger partial charge in [-0.3, -0.25) is 14.4 Å². The summed E-state index contributed by atoms with van der Waals surface area (Å²) in [5.41, 5.74) is -1.15. The second-order valence-corrected chi connectivity index (χ2v) is 10.3. The zero-order chi connectivity index (χ0) is 24.3. The number of aliphatic hydroxyl groups is 1. The Morgan fingerprint density at radius 2 is 2.12 bits per heavy atom. The number of ether oxygens (including phenoxy) is 2. The number of carbonyl (C=O) groups is 3.